The Balaban J connectivity index is 2.19. The highest BCUT2D eigenvalue weighted by molar-refractivity contribution is 7.91. The van der Waals surface area contributed by atoms with Gasteiger partial charge < -0.3 is 0 Å². The van der Waals surface area contributed by atoms with E-state index in [9.17, 15) is 8.42 Å². The van der Waals surface area contributed by atoms with Crippen LogP contribution in [0.3, 0.4) is 0 Å². The molecule has 2 rings (SSSR count). The van der Waals surface area contributed by atoms with Crippen molar-refractivity contribution in [3.05, 3.63) is 17.0 Å². The van der Waals surface area contributed by atoms with E-state index in [1.54, 1.807) is 10.4 Å². The second-order valence-electron chi connectivity index (χ2n) is 4.60. The molecule has 1 aliphatic rings. The van der Waals surface area contributed by atoms with Crippen LogP contribution in [0.15, 0.2) is 16.3 Å². The van der Waals surface area contributed by atoms with E-state index in [0.717, 1.165) is 24.1 Å². The Hall–Kier alpha value is -0.100. The van der Waals surface area contributed by atoms with Gasteiger partial charge in [0.25, 0.3) is 10.0 Å². The molecule has 1 atom stereocenters. The Labute approximate surface area is 118 Å². The van der Waals surface area contributed by atoms with Crippen LogP contribution in [0.4, 0.5) is 0 Å². The molecule has 1 fully saturated rings. The summed E-state index contributed by atoms with van der Waals surface area (Å²) in [4.78, 5) is 1.11. The standard InChI is InChI=1S/C12H18ClNO2S2/c1-2-11-5-6-12(17-11)18(15,16)14-7-3-4-10(8-13)9-14/h5-6,10H,2-4,7-9H2,1H3. The van der Waals surface area contributed by atoms with Crippen molar-refractivity contribution in [3.63, 3.8) is 0 Å². The first-order chi connectivity index (χ1) is 8.57. The van der Waals surface area contributed by atoms with Crippen LogP contribution in [-0.2, 0) is 16.4 Å². The van der Waals surface area contributed by atoms with Gasteiger partial charge in [-0.3, -0.25) is 0 Å². The number of sulfonamides is 1. The largest absolute Gasteiger partial charge is 0.252 e. The van der Waals surface area contributed by atoms with Gasteiger partial charge in [-0.05, 0) is 37.3 Å². The van der Waals surface area contributed by atoms with E-state index in [1.165, 1.54) is 11.3 Å². The predicted molar refractivity (Wildman–Crippen MR) is 75.9 cm³/mol. The van der Waals surface area contributed by atoms with E-state index in [4.69, 9.17) is 11.6 Å². The molecule has 1 aromatic heterocycles. The van der Waals surface area contributed by atoms with Crippen molar-refractivity contribution in [2.45, 2.75) is 30.4 Å². The zero-order valence-electron chi connectivity index (χ0n) is 10.4. The van der Waals surface area contributed by atoms with E-state index in [2.05, 4.69) is 0 Å². The van der Waals surface area contributed by atoms with Gasteiger partial charge in [-0.1, -0.05) is 6.92 Å². The number of piperidine rings is 1. The summed E-state index contributed by atoms with van der Waals surface area (Å²) in [5.74, 6) is 0.831. The molecule has 0 saturated carbocycles. The molecule has 102 valence electrons. The normalized spacial score (nSPS) is 22.2. The first-order valence-corrected chi connectivity index (χ1v) is 9.02. The zero-order chi connectivity index (χ0) is 13.2. The molecule has 1 aromatic rings. The maximum Gasteiger partial charge on any atom is 0.252 e. The third-order valence-corrected chi connectivity index (χ3v) is 7.28. The van der Waals surface area contributed by atoms with Gasteiger partial charge in [0.1, 0.15) is 4.21 Å². The Kier molecular flexibility index (Phi) is 4.69. The number of alkyl halides is 1. The molecule has 6 heteroatoms. The summed E-state index contributed by atoms with van der Waals surface area (Å²) in [6.45, 7) is 3.22. The van der Waals surface area contributed by atoms with Crippen molar-refractivity contribution in [3.8, 4) is 0 Å². The van der Waals surface area contributed by atoms with Gasteiger partial charge in [0.2, 0.25) is 0 Å². The summed E-state index contributed by atoms with van der Waals surface area (Å²) in [5, 5.41) is 0. The van der Waals surface area contributed by atoms with Gasteiger partial charge in [0, 0.05) is 23.8 Å². The second kappa shape index (κ2) is 5.90. The minimum atomic E-state index is -3.30. The van der Waals surface area contributed by atoms with Crippen molar-refractivity contribution in [2.75, 3.05) is 19.0 Å². The van der Waals surface area contributed by atoms with Crippen molar-refractivity contribution in [2.24, 2.45) is 5.92 Å². The quantitative estimate of drug-likeness (QED) is 0.802. The smallest absolute Gasteiger partial charge is 0.206 e. The summed E-state index contributed by atoms with van der Waals surface area (Å²) in [7, 11) is -3.30. The van der Waals surface area contributed by atoms with Crippen molar-refractivity contribution in [1.82, 2.24) is 4.31 Å². The number of rotatable bonds is 4. The van der Waals surface area contributed by atoms with Crippen LogP contribution < -0.4 is 0 Å². The van der Waals surface area contributed by atoms with E-state index >= 15 is 0 Å². The number of nitrogens with zero attached hydrogens (tertiary/aromatic N) is 1. The van der Waals surface area contributed by atoms with Gasteiger partial charge >= 0.3 is 0 Å². The van der Waals surface area contributed by atoms with Gasteiger partial charge in [-0.2, -0.15) is 4.31 Å². The number of hydrogen-bond acceptors (Lipinski definition) is 3. The number of thiophene rings is 1. The monoisotopic (exact) mass is 307 g/mol. The topological polar surface area (TPSA) is 37.4 Å². The van der Waals surface area contributed by atoms with Gasteiger partial charge in [-0.15, -0.1) is 22.9 Å². The maximum atomic E-state index is 12.5. The molecule has 0 aromatic carbocycles. The molecular weight excluding hydrogens is 290 g/mol. The Bertz CT molecular complexity index is 498. The molecule has 18 heavy (non-hydrogen) atoms. The van der Waals surface area contributed by atoms with Crippen LogP contribution in [0.2, 0.25) is 0 Å². The summed E-state index contributed by atoms with van der Waals surface area (Å²) in [6.07, 6.45) is 2.81. The number of halogens is 1. The van der Waals surface area contributed by atoms with Crippen molar-refractivity contribution >= 4 is 33.0 Å². The molecule has 0 amide bonds. The summed E-state index contributed by atoms with van der Waals surface area (Å²) in [6, 6.07) is 3.63. The van der Waals surface area contributed by atoms with Crippen LogP contribution in [0.5, 0.6) is 0 Å². The lowest BCUT2D eigenvalue weighted by atomic mass is 10.0. The molecule has 2 heterocycles. The summed E-state index contributed by atoms with van der Waals surface area (Å²) in [5.41, 5.74) is 0. The Morgan fingerprint density at radius 2 is 2.28 bits per heavy atom. The predicted octanol–water partition coefficient (Wildman–Crippen LogP) is 2.95. The highest BCUT2D eigenvalue weighted by Crippen LogP contribution is 2.28. The first-order valence-electron chi connectivity index (χ1n) is 6.22. The molecule has 3 nitrogen and oxygen atoms in total. The molecule has 1 aliphatic heterocycles. The van der Waals surface area contributed by atoms with Gasteiger partial charge in [0.05, 0.1) is 0 Å². The lowest BCUT2D eigenvalue weighted by Crippen LogP contribution is -2.40. The van der Waals surface area contributed by atoms with Crippen molar-refractivity contribution < 1.29 is 8.42 Å². The molecule has 0 aliphatic carbocycles. The fourth-order valence-corrected chi connectivity index (χ4v) is 5.44. The third kappa shape index (κ3) is 2.90. The van der Waals surface area contributed by atoms with E-state index < -0.39 is 10.0 Å². The molecule has 0 spiro atoms. The average Bonchev–Trinajstić information content (AvgIpc) is 2.88. The maximum absolute atomic E-state index is 12.5. The molecule has 0 N–H and O–H groups in total. The minimum Gasteiger partial charge on any atom is -0.206 e. The van der Waals surface area contributed by atoms with E-state index in [0.29, 0.717) is 29.1 Å². The van der Waals surface area contributed by atoms with Crippen LogP contribution in [0, 0.1) is 5.92 Å². The van der Waals surface area contributed by atoms with Crippen LogP contribution in [0.1, 0.15) is 24.6 Å². The van der Waals surface area contributed by atoms with Gasteiger partial charge in [-0.25, -0.2) is 8.42 Å². The SMILES string of the molecule is CCc1ccc(S(=O)(=O)N2CCCC(CCl)C2)s1. The molecule has 0 radical (unpaired) electrons. The van der Waals surface area contributed by atoms with Crippen LogP contribution in [-0.4, -0.2) is 31.7 Å². The first kappa shape index (κ1) is 14.3. The number of hydrogen-bond donors (Lipinski definition) is 0. The van der Waals surface area contributed by atoms with Crippen LogP contribution >= 0.6 is 22.9 Å². The van der Waals surface area contributed by atoms with Crippen LogP contribution in [0.25, 0.3) is 0 Å². The molecule has 0 bridgehead atoms. The zero-order valence-corrected chi connectivity index (χ0v) is 12.8. The lowest BCUT2D eigenvalue weighted by molar-refractivity contribution is 0.284. The van der Waals surface area contributed by atoms with Crippen molar-refractivity contribution in [1.29, 1.82) is 0 Å². The average molecular weight is 308 g/mol. The highest BCUT2D eigenvalue weighted by atomic mass is 35.5. The van der Waals surface area contributed by atoms with E-state index in [1.807, 2.05) is 13.0 Å². The summed E-state index contributed by atoms with van der Waals surface area (Å²) < 4.78 is 27.0. The molecule has 1 unspecified atom stereocenters. The molecule has 1 saturated heterocycles. The highest BCUT2D eigenvalue weighted by Gasteiger charge is 2.30. The Morgan fingerprint density at radius 1 is 1.50 bits per heavy atom. The van der Waals surface area contributed by atoms with E-state index in [-0.39, 0.29) is 0 Å². The number of aryl methyl sites for hydroxylation is 1. The fourth-order valence-electron chi connectivity index (χ4n) is 2.19. The fraction of sp³-hybridized carbons (Fsp3) is 0.667. The minimum absolute atomic E-state index is 0.292. The lowest BCUT2D eigenvalue weighted by Gasteiger charge is -2.30. The van der Waals surface area contributed by atoms with Gasteiger partial charge in [0.15, 0.2) is 0 Å². The Morgan fingerprint density at radius 3 is 2.89 bits per heavy atom. The molecular formula is C12H18ClNO2S2. The summed E-state index contributed by atoms with van der Waals surface area (Å²) >= 11 is 7.23. The third-order valence-electron chi connectivity index (χ3n) is 3.28. The second-order valence-corrected chi connectivity index (χ2v) is 8.24.